The normalized spacial score (nSPS) is 15.6. The highest BCUT2D eigenvalue weighted by Crippen LogP contribution is 2.31. The predicted molar refractivity (Wildman–Crippen MR) is 126 cm³/mol. The van der Waals surface area contributed by atoms with Gasteiger partial charge in [-0.25, -0.2) is 14.8 Å². The van der Waals surface area contributed by atoms with Crippen molar-refractivity contribution in [1.82, 2.24) is 14.9 Å². The van der Waals surface area contributed by atoms with Gasteiger partial charge in [0, 0.05) is 47.3 Å². The number of hydrogen-bond donors (Lipinski definition) is 1. The minimum absolute atomic E-state index is 0.0903. The number of rotatable bonds is 3. The van der Waals surface area contributed by atoms with Crippen LogP contribution in [-0.2, 0) is 13.0 Å². The Kier molecular flexibility index (Phi) is 5.59. The lowest BCUT2D eigenvalue weighted by Gasteiger charge is -2.32. The Balaban J connectivity index is 1.44. The third-order valence-electron chi connectivity index (χ3n) is 5.86. The van der Waals surface area contributed by atoms with Crippen LogP contribution in [0.15, 0.2) is 59.1 Å². The number of fused-ring (bicyclic) bond motifs is 1. The summed E-state index contributed by atoms with van der Waals surface area (Å²) in [6.45, 7) is 3.17. The molecule has 2 aliphatic rings. The zero-order chi connectivity index (χ0) is 21.2. The van der Waals surface area contributed by atoms with Crippen molar-refractivity contribution in [2.45, 2.75) is 25.8 Å². The van der Waals surface area contributed by atoms with E-state index in [4.69, 9.17) is 9.97 Å². The van der Waals surface area contributed by atoms with E-state index in [1.807, 2.05) is 47.4 Å². The standard InChI is InChI=1S/C24H24BrN5O/c25-18-8-10-19(11-9-18)26-24(31)30-15-12-21-20(16-30)23(29-13-4-5-14-29)28-22(27-21)17-6-2-1-3-7-17/h1-3,6-11H,4-5,12-16H2,(H,26,31). The summed E-state index contributed by atoms with van der Waals surface area (Å²) >= 11 is 3.43. The third-order valence-corrected chi connectivity index (χ3v) is 6.39. The van der Waals surface area contributed by atoms with Gasteiger partial charge in [0.05, 0.1) is 12.2 Å². The van der Waals surface area contributed by atoms with Crippen LogP contribution in [0.1, 0.15) is 24.1 Å². The van der Waals surface area contributed by atoms with Gasteiger partial charge in [-0.1, -0.05) is 46.3 Å². The number of halogens is 1. The molecule has 31 heavy (non-hydrogen) atoms. The van der Waals surface area contributed by atoms with E-state index in [9.17, 15) is 4.79 Å². The molecule has 0 saturated carbocycles. The molecule has 5 rings (SSSR count). The molecule has 3 heterocycles. The van der Waals surface area contributed by atoms with Crippen LogP contribution in [0.25, 0.3) is 11.4 Å². The van der Waals surface area contributed by atoms with Gasteiger partial charge in [-0.15, -0.1) is 0 Å². The Morgan fingerprint density at radius 1 is 0.935 bits per heavy atom. The molecule has 0 unspecified atom stereocenters. The maximum absolute atomic E-state index is 12.9. The van der Waals surface area contributed by atoms with Crippen LogP contribution in [0.2, 0.25) is 0 Å². The molecule has 6 nitrogen and oxygen atoms in total. The van der Waals surface area contributed by atoms with Gasteiger partial charge in [0.15, 0.2) is 5.82 Å². The van der Waals surface area contributed by atoms with Crippen LogP contribution in [0.5, 0.6) is 0 Å². The summed E-state index contributed by atoms with van der Waals surface area (Å²) in [5, 5.41) is 3.01. The number of hydrogen-bond acceptors (Lipinski definition) is 4. The summed E-state index contributed by atoms with van der Waals surface area (Å²) in [5.41, 5.74) is 3.96. The number of nitrogens with one attached hydrogen (secondary N) is 1. The number of anilines is 2. The Morgan fingerprint density at radius 2 is 1.68 bits per heavy atom. The highest BCUT2D eigenvalue weighted by molar-refractivity contribution is 9.10. The van der Waals surface area contributed by atoms with Crippen molar-refractivity contribution in [1.29, 1.82) is 0 Å². The van der Waals surface area contributed by atoms with Gasteiger partial charge in [0.2, 0.25) is 0 Å². The zero-order valence-electron chi connectivity index (χ0n) is 17.2. The molecule has 3 aromatic rings. The molecule has 0 spiro atoms. The predicted octanol–water partition coefficient (Wildman–Crippen LogP) is 5.10. The molecular weight excluding hydrogens is 454 g/mol. The monoisotopic (exact) mass is 477 g/mol. The lowest BCUT2D eigenvalue weighted by Crippen LogP contribution is -2.40. The van der Waals surface area contributed by atoms with Crippen molar-refractivity contribution in [2.24, 2.45) is 0 Å². The number of amides is 2. The largest absolute Gasteiger partial charge is 0.356 e. The average molecular weight is 478 g/mol. The Bertz CT molecular complexity index is 1080. The molecule has 2 amide bonds. The molecule has 1 saturated heterocycles. The fraction of sp³-hybridized carbons (Fsp3) is 0.292. The number of benzene rings is 2. The molecule has 7 heteroatoms. The van der Waals surface area contributed by atoms with Crippen LogP contribution < -0.4 is 10.2 Å². The smallest absolute Gasteiger partial charge is 0.322 e. The second-order valence-electron chi connectivity index (χ2n) is 7.96. The Morgan fingerprint density at radius 3 is 2.42 bits per heavy atom. The maximum Gasteiger partial charge on any atom is 0.322 e. The lowest BCUT2D eigenvalue weighted by molar-refractivity contribution is 0.206. The van der Waals surface area contributed by atoms with Crippen molar-refractivity contribution in [2.75, 3.05) is 29.9 Å². The highest BCUT2D eigenvalue weighted by Gasteiger charge is 2.29. The number of aromatic nitrogens is 2. The van der Waals surface area contributed by atoms with Gasteiger partial charge in [-0.3, -0.25) is 0 Å². The minimum Gasteiger partial charge on any atom is -0.356 e. The van der Waals surface area contributed by atoms with Crippen LogP contribution in [0.4, 0.5) is 16.3 Å². The molecule has 0 radical (unpaired) electrons. The fourth-order valence-electron chi connectivity index (χ4n) is 4.21. The van der Waals surface area contributed by atoms with Gasteiger partial charge in [0.1, 0.15) is 5.82 Å². The zero-order valence-corrected chi connectivity index (χ0v) is 18.8. The lowest BCUT2D eigenvalue weighted by atomic mass is 10.0. The first kappa shape index (κ1) is 20.0. The molecule has 2 aliphatic heterocycles. The summed E-state index contributed by atoms with van der Waals surface area (Å²) in [6.07, 6.45) is 3.08. The van der Waals surface area contributed by atoms with Crippen molar-refractivity contribution < 1.29 is 4.79 Å². The molecule has 158 valence electrons. The fourth-order valence-corrected chi connectivity index (χ4v) is 4.48. The summed E-state index contributed by atoms with van der Waals surface area (Å²) in [7, 11) is 0. The molecule has 0 atom stereocenters. The first-order valence-electron chi connectivity index (χ1n) is 10.7. The van der Waals surface area contributed by atoms with E-state index >= 15 is 0 Å². The third kappa shape index (κ3) is 4.28. The quantitative estimate of drug-likeness (QED) is 0.570. The highest BCUT2D eigenvalue weighted by atomic mass is 79.9. The summed E-state index contributed by atoms with van der Waals surface area (Å²) < 4.78 is 0.985. The number of carbonyl (C=O) groups is 1. The van der Waals surface area contributed by atoms with Gasteiger partial charge in [-0.05, 0) is 37.1 Å². The SMILES string of the molecule is O=C(Nc1ccc(Br)cc1)N1CCc2nc(-c3ccccc3)nc(N3CCCC3)c2C1. The van der Waals surface area contributed by atoms with Crippen LogP contribution >= 0.6 is 15.9 Å². The van der Waals surface area contributed by atoms with E-state index in [0.717, 1.165) is 58.1 Å². The van der Waals surface area contributed by atoms with E-state index in [1.54, 1.807) is 0 Å². The van der Waals surface area contributed by atoms with Crippen molar-refractivity contribution in [3.63, 3.8) is 0 Å². The summed E-state index contributed by atoms with van der Waals surface area (Å²) in [5.74, 6) is 1.76. The molecular formula is C24H24BrN5O. The van der Waals surface area contributed by atoms with Crippen molar-refractivity contribution >= 4 is 33.5 Å². The second-order valence-corrected chi connectivity index (χ2v) is 8.88. The molecule has 1 aromatic heterocycles. The van der Waals surface area contributed by atoms with Gasteiger partial charge in [-0.2, -0.15) is 0 Å². The molecule has 1 N–H and O–H groups in total. The van der Waals surface area contributed by atoms with Crippen LogP contribution in [0, 0.1) is 0 Å². The Hall–Kier alpha value is -2.93. The summed E-state index contributed by atoms with van der Waals surface area (Å²) in [6, 6.07) is 17.7. The van der Waals surface area contributed by atoms with Gasteiger partial charge >= 0.3 is 6.03 Å². The van der Waals surface area contributed by atoms with E-state index in [0.29, 0.717) is 13.1 Å². The number of nitrogens with zero attached hydrogens (tertiary/aromatic N) is 4. The molecule has 1 fully saturated rings. The van der Waals surface area contributed by atoms with Gasteiger partial charge < -0.3 is 15.1 Å². The second kappa shape index (κ2) is 8.67. The topological polar surface area (TPSA) is 61.4 Å². The van der Waals surface area contributed by atoms with Crippen molar-refractivity contribution in [3.8, 4) is 11.4 Å². The molecule has 0 bridgehead atoms. The first-order chi connectivity index (χ1) is 15.2. The average Bonchev–Trinajstić information content (AvgIpc) is 3.35. The Labute approximate surface area is 190 Å². The van der Waals surface area contributed by atoms with E-state index < -0.39 is 0 Å². The first-order valence-corrected chi connectivity index (χ1v) is 11.5. The number of urea groups is 1. The number of carbonyl (C=O) groups excluding carboxylic acids is 1. The molecule has 0 aliphatic carbocycles. The van der Waals surface area contributed by atoms with E-state index in [1.165, 1.54) is 12.8 Å². The maximum atomic E-state index is 12.9. The van der Waals surface area contributed by atoms with Crippen LogP contribution in [-0.4, -0.2) is 40.5 Å². The summed E-state index contributed by atoms with van der Waals surface area (Å²) in [4.78, 5) is 27.0. The van der Waals surface area contributed by atoms with E-state index in [2.05, 4.69) is 38.3 Å². The molecule has 2 aromatic carbocycles. The van der Waals surface area contributed by atoms with E-state index in [-0.39, 0.29) is 6.03 Å². The minimum atomic E-state index is -0.0903. The van der Waals surface area contributed by atoms with Crippen molar-refractivity contribution in [3.05, 3.63) is 70.3 Å². The van der Waals surface area contributed by atoms with Gasteiger partial charge in [0.25, 0.3) is 0 Å². The van der Waals surface area contributed by atoms with Crippen LogP contribution in [0.3, 0.4) is 0 Å².